The van der Waals surface area contributed by atoms with Crippen molar-refractivity contribution in [3.63, 3.8) is 0 Å². The fraction of sp³-hybridized carbons (Fsp3) is 0.389. The SMILES string of the molecule is COc1nccnc1N1CC[C@H](NC(=O)COc2ccccc2C)C1. The van der Waals surface area contributed by atoms with Gasteiger partial charge in [0.2, 0.25) is 0 Å². The number of carbonyl (C=O) groups excluding carboxylic acids is 1. The zero-order chi connectivity index (χ0) is 17.6. The zero-order valence-electron chi connectivity index (χ0n) is 14.4. The van der Waals surface area contributed by atoms with Crippen LogP contribution >= 0.6 is 0 Å². The Morgan fingerprint density at radius 2 is 2.12 bits per heavy atom. The molecule has 1 aromatic heterocycles. The van der Waals surface area contributed by atoms with Crippen LogP contribution in [0.25, 0.3) is 0 Å². The highest BCUT2D eigenvalue weighted by Gasteiger charge is 2.27. The van der Waals surface area contributed by atoms with E-state index in [0.29, 0.717) is 18.2 Å². The van der Waals surface area contributed by atoms with Gasteiger partial charge in [-0.25, -0.2) is 9.97 Å². The fourth-order valence-electron chi connectivity index (χ4n) is 2.88. The molecule has 3 rings (SSSR count). The Balaban J connectivity index is 1.51. The Kier molecular flexibility index (Phi) is 5.33. The van der Waals surface area contributed by atoms with Gasteiger partial charge in [-0.2, -0.15) is 0 Å². The third-order valence-electron chi connectivity index (χ3n) is 4.15. The Morgan fingerprint density at radius 1 is 1.32 bits per heavy atom. The maximum Gasteiger partial charge on any atom is 0.258 e. The third kappa shape index (κ3) is 4.17. The summed E-state index contributed by atoms with van der Waals surface area (Å²) in [4.78, 5) is 22.7. The van der Waals surface area contributed by atoms with E-state index in [1.807, 2.05) is 31.2 Å². The number of carbonyl (C=O) groups is 1. The lowest BCUT2D eigenvalue weighted by molar-refractivity contribution is -0.123. The van der Waals surface area contributed by atoms with E-state index in [1.54, 1.807) is 19.5 Å². The molecule has 0 bridgehead atoms. The summed E-state index contributed by atoms with van der Waals surface area (Å²) >= 11 is 0. The van der Waals surface area contributed by atoms with Gasteiger partial charge >= 0.3 is 0 Å². The molecule has 0 unspecified atom stereocenters. The van der Waals surface area contributed by atoms with E-state index in [2.05, 4.69) is 20.2 Å². The number of nitrogens with zero attached hydrogens (tertiary/aromatic N) is 3. The Bertz CT molecular complexity index is 738. The molecule has 0 saturated carbocycles. The van der Waals surface area contributed by atoms with Crippen molar-refractivity contribution in [1.82, 2.24) is 15.3 Å². The molecule has 1 atom stereocenters. The van der Waals surface area contributed by atoms with E-state index in [4.69, 9.17) is 9.47 Å². The second-order valence-electron chi connectivity index (χ2n) is 5.94. The molecule has 0 aliphatic carbocycles. The molecule has 1 N–H and O–H groups in total. The molecule has 2 heterocycles. The average molecular weight is 342 g/mol. The maximum absolute atomic E-state index is 12.1. The number of ether oxygens (including phenoxy) is 2. The van der Waals surface area contributed by atoms with Gasteiger partial charge < -0.3 is 19.7 Å². The standard InChI is InChI=1S/C18H22N4O3/c1-13-5-3-4-6-15(13)25-12-16(23)21-14-7-10-22(11-14)17-18(24-2)20-9-8-19-17/h3-6,8-9,14H,7,10-12H2,1-2H3,(H,21,23)/t14-/m0/s1. The first-order chi connectivity index (χ1) is 12.2. The molecule has 1 aliphatic heterocycles. The summed E-state index contributed by atoms with van der Waals surface area (Å²) in [5.41, 5.74) is 1.01. The summed E-state index contributed by atoms with van der Waals surface area (Å²) in [6.07, 6.45) is 4.08. The highest BCUT2D eigenvalue weighted by Crippen LogP contribution is 2.25. The molecule has 1 saturated heterocycles. The van der Waals surface area contributed by atoms with Crippen LogP contribution in [0.3, 0.4) is 0 Å². The minimum Gasteiger partial charge on any atom is -0.484 e. The van der Waals surface area contributed by atoms with Crippen molar-refractivity contribution in [2.45, 2.75) is 19.4 Å². The molecule has 7 nitrogen and oxygen atoms in total. The van der Waals surface area contributed by atoms with Crippen LogP contribution in [0.15, 0.2) is 36.7 Å². The molecular weight excluding hydrogens is 320 g/mol. The smallest absolute Gasteiger partial charge is 0.258 e. The lowest BCUT2D eigenvalue weighted by Crippen LogP contribution is -2.39. The first-order valence-electron chi connectivity index (χ1n) is 8.25. The summed E-state index contributed by atoms with van der Waals surface area (Å²) in [7, 11) is 1.58. The van der Waals surface area contributed by atoms with Gasteiger partial charge in [-0.3, -0.25) is 4.79 Å². The number of aryl methyl sites for hydroxylation is 1. The monoisotopic (exact) mass is 342 g/mol. The van der Waals surface area contributed by atoms with Crippen LogP contribution in [0.1, 0.15) is 12.0 Å². The van der Waals surface area contributed by atoms with Crippen molar-refractivity contribution in [3.05, 3.63) is 42.2 Å². The minimum absolute atomic E-state index is 0.00974. The van der Waals surface area contributed by atoms with Gasteiger partial charge in [-0.1, -0.05) is 18.2 Å². The van der Waals surface area contributed by atoms with E-state index >= 15 is 0 Å². The molecule has 2 aromatic rings. The predicted octanol–water partition coefficient (Wildman–Crippen LogP) is 1.57. The first kappa shape index (κ1) is 17.0. The van der Waals surface area contributed by atoms with Crippen molar-refractivity contribution in [3.8, 4) is 11.6 Å². The molecule has 1 aromatic carbocycles. The van der Waals surface area contributed by atoms with Gasteiger partial charge in [-0.05, 0) is 25.0 Å². The zero-order valence-corrected chi connectivity index (χ0v) is 14.4. The molecule has 7 heteroatoms. The minimum atomic E-state index is -0.124. The van der Waals surface area contributed by atoms with Crippen LogP contribution in [-0.2, 0) is 4.79 Å². The number of aromatic nitrogens is 2. The van der Waals surface area contributed by atoms with Crippen LogP contribution in [-0.4, -0.2) is 48.7 Å². The highest BCUT2D eigenvalue weighted by molar-refractivity contribution is 5.78. The number of benzene rings is 1. The number of amides is 1. The lowest BCUT2D eigenvalue weighted by atomic mass is 10.2. The Morgan fingerprint density at radius 3 is 2.92 bits per heavy atom. The number of hydrogen-bond donors (Lipinski definition) is 1. The molecule has 1 aliphatic rings. The number of rotatable bonds is 6. The van der Waals surface area contributed by atoms with E-state index in [-0.39, 0.29) is 18.6 Å². The quantitative estimate of drug-likeness (QED) is 0.859. The van der Waals surface area contributed by atoms with Crippen LogP contribution < -0.4 is 19.7 Å². The number of hydrogen-bond acceptors (Lipinski definition) is 6. The third-order valence-corrected chi connectivity index (χ3v) is 4.15. The molecule has 25 heavy (non-hydrogen) atoms. The van der Waals surface area contributed by atoms with Gasteiger partial charge in [0.1, 0.15) is 5.75 Å². The highest BCUT2D eigenvalue weighted by atomic mass is 16.5. The molecule has 1 fully saturated rings. The Labute approximate surface area is 147 Å². The van der Waals surface area contributed by atoms with Gasteiger partial charge in [0.15, 0.2) is 12.4 Å². The number of methoxy groups -OCH3 is 1. The van der Waals surface area contributed by atoms with Crippen LogP contribution in [0, 0.1) is 6.92 Å². The summed E-state index contributed by atoms with van der Waals surface area (Å²) < 4.78 is 10.8. The fourth-order valence-corrected chi connectivity index (χ4v) is 2.88. The summed E-state index contributed by atoms with van der Waals surface area (Å²) in [6, 6.07) is 7.70. The average Bonchev–Trinajstić information content (AvgIpc) is 3.09. The first-order valence-corrected chi connectivity index (χ1v) is 8.25. The van der Waals surface area contributed by atoms with E-state index < -0.39 is 0 Å². The number of anilines is 1. The van der Waals surface area contributed by atoms with Crippen LogP contribution in [0.5, 0.6) is 11.6 Å². The number of para-hydroxylation sites is 1. The molecular formula is C18H22N4O3. The van der Waals surface area contributed by atoms with Gasteiger partial charge in [0, 0.05) is 31.5 Å². The lowest BCUT2D eigenvalue weighted by Gasteiger charge is -2.19. The van der Waals surface area contributed by atoms with Crippen molar-refractivity contribution in [2.75, 3.05) is 31.7 Å². The second-order valence-corrected chi connectivity index (χ2v) is 5.94. The molecule has 0 radical (unpaired) electrons. The Hall–Kier alpha value is -2.83. The van der Waals surface area contributed by atoms with Crippen molar-refractivity contribution >= 4 is 11.7 Å². The van der Waals surface area contributed by atoms with Crippen LogP contribution in [0.4, 0.5) is 5.82 Å². The largest absolute Gasteiger partial charge is 0.484 e. The number of nitrogens with one attached hydrogen (secondary N) is 1. The summed E-state index contributed by atoms with van der Waals surface area (Å²) in [6.45, 7) is 3.43. The van der Waals surface area contributed by atoms with E-state index in [9.17, 15) is 4.79 Å². The van der Waals surface area contributed by atoms with Crippen molar-refractivity contribution in [2.24, 2.45) is 0 Å². The van der Waals surface area contributed by atoms with Gasteiger partial charge in [0.25, 0.3) is 11.8 Å². The van der Waals surface area contributed by atoms with E-state index in [1.165, 1.54) is 0 Å². The normalized spacial score (nSPS) is 16.6. The summed E-state index contributed by atoms with van der Waals surface area (Å²) in [5.74, 6) is 1.81. The van der Waals surface area contributed by atoms with Crippen molar-refractivity contribution < 1.29 is 14.3 Å². The van der Waals surface area contributed by atoms with Gasteiger partial charge in [-0.15, -0.1) is 0 Å². The topological polar surface area (TPSA) is 76.6 Å². The second kappa shape index (κ2) is 7.83. The predicted molar refractivity (Wildman–Crippen MR) is 94.0 cm³/mol. The molecule has 1 amide bonds. The summed E-state index contributed by atoms with van der Waals surface area (Å²) in [5, 5.41) is 3.01. The van der Waals surface area contributed by atoms with Crippen molar-refractivity contribution in [1.29, 1.82) is 0 Å². The van der Waals surface area contributed by atoms with Gasteiger partial charge in [0.05, 0.1) is 7.11 Å². The maximum atomic E-state index is 12.1. The van der Waals surface area contributed by atoms with Crippen LogP contribution in [0.2, 0.25) is 0 Å². The molecule has 0 spiro atoms. The molecule has 132 valence electrons. The van der Waals surface area contributed by atoms with E-state index in [0.717, 1.165) is 24.3 Å².